The third-order valence-electron chi connectivity index (χ3n) is 3.76. The second-order valence-corrected chi connectivity index (χ2v) is 5.11. The lowest BCUT2D eigenvalue weighted by molar-refractivity contribution is -0.384. The second-order valence-electron chi connectivity index (χ2n) is 5.11. The molecule has 0 bridgehead atoms. The van der Waals surface area contributed by atoms with Crippen LogP contribution in [0, 0.1) is 10.1 Å². The number of piperazine rings is 1. The number of hydrogen-bond donors (Lipinski definition) is 1. The Kier molecular flexibility index (Phi) is 4.74. The number of amides is 1. The Morgan fingerprint density at radius 3 is 2.71 bits per heavy atom. The van der Waals surface area contributed by atoms with E-state index in [0.29, 0.717) is 12.3 Å². The summed E-state index contributed by atoms with van der Waals surface area (Å²) in [6.07, 6.45) is 0. The van der Waals surface area contributed by atoms with Gasteiger partial charge in [0.05, 0.1) is 4.92 Å². The molecule has 1 saturated heterocycles. The zero-order valence-electron chi connectivity index (χ0n) is 12.1. The van der Waals surface area contributed by atoms with Crippen LogP contribution in [0.25, 0.3) is 0 Å². The molecule has 0 saturated carbocycles. The normalized spacial score (nSPS) is 21.9. The van der Waals surface area contributed by atoms with Gasteiger partial charge in [-0.25, -0.2) is 0 Å². The van der Waals surface area contributed by atoms with Gasteiger partial charge in [-0.15, -0.1) is 0 Å². The molecule has 0 aliphatic carbocycles. The molecule has 1 fully saturated rings. The van der Waals surface area contributed by atoms with Crippen LogP contribution in [0.1, 0.15) is 13.8 Å². The van der Waals surface area contributed by atoms with Crippen molar-refractivity contribution in [1.29, 1.82) is 0 Å². The van der Waals surface area contributed by atoms with E-state index in [1.807, 2.05) is 13.8 Å². The number of carbonyl (C=O) groups is 1. The molecule has 7 nitrogen and oxygen atoms in total. The van der Waals surface area contributed by atoms with E-state index in [1.165, 1.54) is 24.3 Å². The fourth-order valence-corrected chi connectivity index (χ4v) is 2.30. The summed E-state index contributed by atoms with van der Waals surface area (Å²) in [6.45, 7) is 5.42. The van der Waals surface area contributed by atoms with Gasteiger partial charge >= 0.3 is 0 Å². The van der Waals surface area contributed by atoms with Crippen LogP contribution in [0.5, 0.6) is 5.75 Å². The number of rotatable bonds is 4. The third-order valence-corrected chi connectivity index (χ3v) is 3.76. The minimum Gasteiger partial charge on any atom is -0.484 e. The van der Waals surface area contributed by atoms with Crippen LogP contribution >= 0.6 is 0 Å². The largest absolute Gasteiger partial charge is 0.484 e. The van der Waals surface area contributed by atoms with Crippen molar-refractivity contribution in [2.45, 2.75) is 25.9 Å². The highest BCUT2D eigenvalue weighted by atomic mass is 16.6. The number of non-ortho nitro benzene ring substituents is 1. The first-order valence-corrected chi connectivity index (χ1v) is 6.89. The van der Waals surface area contributed by atoms with Crippen molar-refractivity contribution in [1.82, 2.24) is 10.2 Å². The molecule has 1 amide bonds. The molecule has 2 atom stereocenters. The van der Waals surface area contributed by atoms with Gasteiger partial charge in [0, 0.05) is 37.3 Å². The lowest BCUT2D eigenvalue weighted by Crippen LogP contribution is -2.58. The van der Waals surface area contributed by atoms with E-state index in [2.05, 4.69) is 5.32 Å². The molecule has 1 aromatic carbocycles. The number of nitro benzene ring substituents is 1. The Labute approximate surface area is 123 Å². The van der Waals surface area contributed by atoms with Gasteiger partial charge in [0.2, 0.25) is 0 Å². The summed E-state index contributed by atoms with van der Waals surface area (Å²) in [5.74, 6) is 0.374. The van der Waals surface area contributed by atoms with Crippen molar-refractivity contribution >= 4 is 11.6 Å². The first-order chi connectivity index (χ1) is 9.99. The van der Waals surface area contributed by atoms with Crippen LogP contribution in [-0.4, -0.2) is 47.5 Å². The van der Waals surface area contributed by atoms with Gasteiger partial charge in [0.25, 0.3) is 11.6 Å². The zero-order chi connectivity index (χ0) is 15.4. The topological polar surface area (TPSA) is 84.7 Å². The molecule has 1 N–H and O–H groups in total. The lowest BCUT2D eigenvalue weighted by atomic mass is 10.1. The van der Waals surface area contributed by atoms with Crippen molar-refractivity contribution in [2.24, 2.45) is 0 Å². The molecule has 2 unspecified atom stereocenters. The summed E-state index contributed by atoms with van der Waals surface area (Å²) in [6, 6.07) is 6.07. The maximum Gasteiger partial charge on any atom is 0.269 e. The van der Waals surface area contributed by atoms with Crippen molar-refractivity contribution in [2.75, 3.05) is 19.7 Å². The van der Waals surface area contributed by atoms with E-state index >= 15 is 0 Å². The van der Waals surface area contributed by atoms with Gasteiger partial charge in [0.15, 0.2) is 6.61 Å². The molecule has 0 radical (unpaired) electrons. The second kappa shape index (κ2) is 6.53. The molecule has 1 aliphatic heterocycles. The molecule has 0 aromatic heterocycles. The first-order valence-electron chi connectivity index (χ1n) is 6.89. The highest BCUT2D eigenvalue weighted by molar-refractivity contribution is 5.78. The number of nitrogens with one attached hydrogen (secondary N) is 1. The SMILES string of the molecule is CC1NCCN(C(=O)COc2ccc([N+](=O)[O-])cc2)C1C. The van der Waals surface area contributed by atoms with Crippen LogP contribution in [0.4, 0.5) is 5.69 Å². The van der Waals surface area contributed by atoms with Gasteiger partial charge < -0.3 is 15.0 Å². The van der Waals surface area contributed by atoms with Crippen LogP contribution in [-0.2, 0) is 4.79 Å². The third kappa shape index (κ3) is 3.69. The number of nitrogens with zero attached hydrogens (tertiary/aromatic N) is 2. The predicted octanol–water partition coefficient (Wildman–Crippen LogP) is 1.18. The van der Waals surface area contributed by atoms with Crippen LogP contribution < -0.4 is 10.1 Å². The summed E-state index contributed by atoms with van der Waals surface area (Å²) in [5, 5.41) is 13.9. The van der Waals surface area contributed by atoms with Crippen molar-refractivity contribution in [3.8, 4) is 5.75 Å². The Morgan fingerprint density at radius 1 is 1.43 bits per heavy atom. The number of benzene rings is 1. The van der Waals surface area contributed by atoms with Crippen LogP contribution in [0.2, 0.25) is 0 Å². The van der Waals surface area contributed by atoms with E-state index in [4.69, 9.17) is 4.74 Å². The molecule has 114 valence electrons. The van der Waals surface area contributed by atoms with Gasteiger partial charge in [-0.05, 0) is 26.0 Å². The van der Waals surface area contributed by atoms with Gasteiger partial charge in [-0.2, -0.15) is 0 Å². The highest BCUT2D eigenvalue weighted by Crippen LogP contribution is 2.17. The summed E-state index contributed by atoms with van der Waals surface area (Å²) in [7, 11) is 0. The van der Waals surface area contributed by atoms with Gasteiger partial charge in [0.1, 0.15) is 5.75 Å². The monoisotopic (exact) mass is 293 g/mol. The summed E-state index contributed by atoms with van der Waals surface area (Å²) < 4.78 is 5.41. The molecule has 1 aromatic rings. The van der Waals surface area contributed by atoms with Gasteiger partial charge in [-0.3, -0.25) is 14.9 Å². The molecule has 2 rings (SSSR count). The van der Waals surface area contributed by atoms with Gasteiger partial charge in [-0.1, -0.05) is 0 Å². The summed E-state index contributed by atoms with van der Waals surface area (Å²) in [4.78, 5) is 24.0. The maximum absolute atomic E-state index is 12.2. The van der Waals surface area contributed by atoms with Crippen LogP contribution in [0.15, 0.2) is 24.3 Å². The smallest absolute Gasteiger partial charge is 0.269 e. The Hall–Kier alpha value is -2.15. The summed E-state index contributed by atoms with van der Waals surface area (Å²) >= 11 is 0. The lowest BCUT2D eigenvalue weighted by Gasteiger charge is -2.38. The van der Waals surface area contributed by atoms with Crippen molar-refractivity contribution < 1.29 is 14.5 Å². The van der Waals surface area contributed by atoms with E-state index < -0.39 is 4.92 Å². The Bertz CT molecular complexity index is 517. The molecule has 1 heterocycles. The average molecular weight is 293 g/mol. The van der Waals surface area contributed by atoms with E-state index in [1.54, 1.807) is 4.90 Å². The Morgan fingerprint density at radius 2 is 2.10 bits per heavy atom. The van der Waals surface area contributed by atoms with E-state index in [-0.39, 0.29) is 30.3 Å². The fraction of sp³-hybridized carbons (Fsp3) is 0.500. The van der Waals surface area contributed by atoms with Crippen molar-refractivity contribution in [3.05, 3.63) is 34.4 Å². The van der Waals surface area contributed by atoms with Crippen molar-refractivity contribution in [3.63, 3.8) is 0 Å². The van der Waals surface area contributed by atoms with Crippen LogP contribution in [0.3, 0.4) is 0 Å². The zero-order valence-corrected chi connectivity index (χ0v) is 12.1. The summed E-state index contributed by atoms with van der Waals surface area (Å²) in [5.41, 5.74) is -0.00164. The fourth-order valence-electron chi connectivity index (χ4n) is 2.30. The maximum atomic E-state index is 12.2. The molecule has 7 heteroatoms. The quantitative estimate of drug-likeness (QED) is 0.665. The minimum absolute atomic E-state index is 0.00164. The molecule has 0 spiro atoms. The highest BCUT2D eigenvalue weighted by Gasteiger charge is 2.28. The van der Waals surface area contributed by atoms with E-state index in [9.17, 15) is 14.9 Å². The minimum atomic E-state index is -0.473. The number of ether oxygens (including phenoxy) is 1. The first kappa shape index (κ1) is 15.2. The molecular weight excluding hydrogens is 274 g/mol. The van der Waals surface area contributed by atoms with E-state index in [0.717, 1.165) is 6.54 Å². The average Bonchev–Trinajstić information content (AvgIpc) is 2.48. The molecule has 21 heavy (non-hydrogen) atoms. The number of hydrogen-bond acceptors (Lipinski definition) is 5. The molecule has 1 aliphatic rings. The number of nitro groups is 1. The predicted molar refractivity (Wildman–Crippen MR) is 77.2 cm³/mol. The standard InChI is InChI=1S/C14H19N3O4/c1-10-11(2)16(8-7-15-10)14(18)9-21-13-5-3-12(4-6-13)17(19)20/h3-6,10-11,15H,7-9H2,1-2H3. The Balaban J connectivity index is 1.90. The molecular formula is C14H19N3O4. The number of carbonyl (C=O) groups excluding carboxylic acids is 1.